The molecule has 0 radical (unpaired) electrons. The van der Waals surface area contributed by atoms with Crippen molar-refractivity contribution in [2.45, 2.75) is 205 Å². The van der Waals surface area contributed by atoms with Crippen molar-refractivity contribution in [3.05, 3.63) is 95.7 Å². The van der Waals surface area contributed by atoms with Gasteiger partial charge >= 0.3 is 33.3 Å². The molecule has 0 spiro atoms. The third kappa shape index (κ3) is 33.8. The van der Waals surface area contributed by atoms with Gasteiger partial charge in [-0.15, -0.1) is 0 Å². The van der Waals surface area contributed by atoms with Gasteiger partial charge in [-0.1, -0.05) is 184 Å². The van der Waals surface area contributed by atoms with Gasteiger partial charge in [-0.25, -0.2) is 13.9 Å². The summed E-state index contributed by atoms with van der Waals surface area (Å²) in [5.41, 5.74) is 4.57. The molecule has 1 saturated heterocycles. The summed E-state index contributed by atoms with van der Waals surface area (Å²) >= 11 is 0. The second-order valence-corrected chi connectivity index (χ2v) is 22.1. The average molecular weight is 1100 g/mol. The maximum absolute atomic E-state index is 12.9. The lowest BCUT2D eigenvalue weighted by atomic mass is 10.0. The summed E-state index contributed by atoms with van der Waals surface area (Å²) in [6.07, 6.45) is 37.4. The lowest BCUT2D eigenvalue weighted by molar-refractivity contribution is -0.161. The molecule has 426 valence electrons. The van der Waals surface area contributed by atoms with Crippen LogP contribution >= 0.6 is 15.6 Å². The predicted molar refractivity (Wildman–Crippen MR) is 290 cm³/mol. The van der Waals surface area contributed by atoms with Crippen molar-refractivity contribution in [2.24, 2.45) is 5.92 Å². The molecular weight excluding hydrogens is 1010 g/mol. The topological polar surface area (TPSA) is 286 Å². The van der Waals surface area contributed by atoms with Crippen LogP contribution < -0.4 is 11.4 Å². The summed E-state index contributed by atoms with van der Waals surface area (Å²) < 4.78 is 56.7. The number of allylic oxidation sites excluding steroid dienone is 11. The fourth-order valence-corrected chi connectivity index (χ4v) is 9.78. The number of rotatable bonds is 43. The number of nitrogen functional groups attached to an aromatic ring is 1. The van der Waals surface area contributed by atoms with E-state index < -0.39 is 89.8 Å². The van der Waals surface area contributed by atoms with E-state index in [0.29, 0.717) is 12.8 Å². The highest BCUT2D eigenvalue weighted by atomic mass is 31.3. The largest absolute Gasteiger partial charge is 0.481 e. The van der Waals surface area contributed by atoms with Crippen molar-refractivity contribution in [2.75, 3.05) is 25.6 Å². The molecule has 8 atom stereocenters. The number of aliphatic hydroxyl groups excluding tert-OH is 3. The first-order valence-corrected chi connectivity index (χ1v) is 29.9. The number of carbonyl (C=O) groups is 2. The summed E-state index contributed by atoms with van der Waals surface area (Å²) in [6, 6.07) is 1.23. The van der Waals surface area contributed by atoms with E-state index in [1.165, 1.54) is 76.4 Å². The number of phosphoric acid groups is 2. The Labute approximate surface area is 445 Å². The number of aliphatic hydroxyl groups is 3. The maximum atomic E-state index is 12.9. The Morgan fingerprint density at radius 1 is 0.720 bits per heavy atom. The van der Waals surface area contributed by atoms with Gasteiger partial charge in [-0.3, -0.25) is 23.2 Å². The molecule has 1 aliphatic heterocycles. The second kappa shape index (κ2) is 40.4. The van der Waals surface area contributed by atoms with E-state index in [1.54, 1.807) is 12.2 Å². The van der Waals surface area contributed by atoms with Crippen LogP contribution in [0.5, 0.6) is 0 Å². The highest BCUT2D eigenvalue weighted by Gasteiger charge is 2.46. The van der Waals surface area contributed by atoms with Crippen LogP contribution in [0.2, 0.25) is 0 Å². The van der Waals surface area contributed by atoms with E-state index >= 15 is 0 Å². The molecule has 0 saturated carbocycles. The van der Waals surface area contributed by atoms with Crippen molar-refractivity contribution in [3.8, 4) is 0 Å². The van der Waals surface area contributed by atoms with Crippen molar-refractivity contribution in [1.29, 1.82) is 0 Å². The molecular formula is C54H89N3O16P2. The number of unbranched alkanes of at least 4 members (excludes halogenated alkanes) is 13. The number of phosphoric ester groups is 2. The molecule has 3 unspecified atom stereocenters. The smallest absolute Gasteiger partial charge is 0.462 e. The lowest BCUT2D eigenvalue weighted by Crippen LogP contribution is -2.36. The van der Waals surface area contributed by atoms with Crippen molar-refractivity contribution in [1.82, 2.24) is 9.55 Å². The van der Waals surface area contributed by atoms with Crippen LogP contribution in [0, 0.1) is 5.92 Å². The molecule has 0 bridgehead atoms. The molecule has 1 aliphatic rings. The summed E-state index contributed by atoms with van der Waals surface area (Å²) in [5.74, 6) is -0.804. The predicted octanol–water partition coefficient (Wildman–Crippen LogP) is 10.5. The van der Waals surface area contributed by atoms with Crippen LogP contribution in [0.15, 0.2) is 90.0 Å². The van der Waals surface area contributed by atoms with E-state index in [9.17, 15) is 48.6 Å². The van der Waals surface area contributed by atoms with E-state index in [1.807, 2.05) is 12.2 Å². The molecule has 1 aromatic heterocycles. The normalized spacial score (nSPS) is 19.9. The highest BCUT2D eigenvalue weighted by molar-refractivity contribution is 7.61. The number of nitrogens with two attached hydrogens (primary N) is 1. The zero-order chi connectivity index (χ0) is 55.2. The zero-order valence-electron chi connectivity index (χ0n) is 44.6. The molecule has 75 heavy (non-hydrogen) atoms. The number of esters is 2. The van der Waals surface area contributed by atoms with E-state index in [0.717, 1.165) is 68.0 Å². The minimum Gasteiger partial charge on any atom is -0.462 e. The van der Waals surface area contributed by atoms with Crippen LogP contribution in [0.3, 0.4) is 0 Å². The number of ether oxygens (including phenoxy) is 3. The van der Waals surface area contributed by atoms with Crippen LogP contribution in [-0.4, -0.2) is 96.9 Å². The minimum atomic E-state index is -5.49. The molecule has 0 aromatic carbocycles. The fraction of sp³-hybridized carbons (Fsp3) is 0.667. The van der Waals surface area contributed by atoms with E-state index in [4.69, 9.17) is 29.0 Å². The third-order valence-corrected chi connectivity index (χ3v) is 14.5. The van der Waals surface area contributed by atoms with Crippen molar-refractivity contribution in [3.63, 3.8) is 0 Å². The number of hydrogen-bond acceptors (Lipinski definition) is 16. The van der Waals surface area contributed by atoms with Gasteiger partial charge in [0, 0.05) is 19.0 Å². The Morgan fingerprint density at radius 2 is 1.25 bits per heavy atom. The molecule has 0 aliphatic carbocycles. The van der Waals surface area contributed by atoms with Gasteiger partial charge < -0.3 is 45.1 Å². The van der Waals surface area contributed by atoms with E-state index in [2.05, 4.69) is 72.6 Å². The Balaban J connectivity index is 1.85. The molecule has 0 amide bonds. The van der Waals surface area contributed by atoms with Gasteiger partial charge in [0.2, 0.25) is 0 Å². The zero-order valence-corrected chi connectivity index (χ0v) is 46.4. The van der Waals surface area contributed by atoms with Crippen LogP contribution in [0.4, 0.5) is 5.82 Å². The van der Waals surface area contributed by atoms with Gasteiger partial charge in [-0.2, -0.15) is 9.29 Å². The summed E-state index contributed by atoms with van der Waals surface area (Å²) in [4.78, 5) is 62.0. The molecule has 2 heterocycles. The van der Waals surface area contributed by atoms with Crippen molar-refractivity contribution >= 4 is 33.4 Å². The first-order chi connectivity index (χ1) is 35.9. The van der Waals surface area contributed by atoms with Crippen LogP contribution in [-0.2, 0) is 46.3 Å². The number of aromatic nitrogens is 2. The maximum Gasteiger partial charge on any atom is 0.481 e. The first kappa shape index (κ1) is 67.3. The van der Waals surface area contributed by atoms with Crippen molar-refractivity contribution < 1.29 is 71.4 Å². The molecule has 7 N–H and O–H groups in total. The van der Waals surface area contributed by atoms with Gasteiger partial charge in [0.05, 0.1) is 19.3 Å². The minimum absolute atomic E-state index is 0.0520. The van der Waals surface area contributed by atoms with E-state index in [-0.39, 0.29) is 25.1 Å². The number of nitrogens with zero attached hydrogens (tertiary/aromatic N) is 2. The summed E-state index contributed by atoms with van der Waals surface area (Å²) in [5, 5.41) is 31.4. The standard InChI is InChI=1S/C54H89N3O16P2/c1-4-5-6-7-8-9-10-11-12-13-17-20-23-26-29-32-35-45(58)37-38-50(60)71-46(41-68-49(59)36-33-30-27-24-21-18-15-14-16-19-22-25-28-31-34-44(2)3)42-69-74(64,65)73-75(66,67)70-43-47-51(61)52(62)53(72-47)57-40-39-48(55)56-54(57)63/h5-6,8-9,11-12,17,20,26,29,32,35,39-40,44-47,51-53,58,61-62H,4,7,10,13-16,18-19,21-25,27-28,30-31,33-34,36-38,41-43H2,1-3H3,(H,64,65)(H,66,67)(H2,55,56,63)/b6-5-,9-8-,12-11-,20-17-,29-26-,35-32-/t45?,46-,47-,51-,52-,53-/m1/s1. The molecule has 1 fully saturated rings. The quantitative estimate of drug-likeness (QED) is 0.0116. The Kier molecular flexibility index (Phi) is 36.2. The average Bonchev–Trinajstić information content (AvgIpc) is 3.63. The first-order valence-electron chi connectivity index (χ1n) is 26.9. The monoisotopic (exact) mass is 1100 g/mol. The molecule has 1 aromatic rings. The van der Waals surface area contributed by atoms with Gasteiger partial charge in [-0.05, 0) is 56.9 Å². The second-order valence-electron chi connectivity index (χ2n) is 19.0. The fourth-order valence-electron chi connectivity index (χ4n) is 7.67. The van der Waals surface area contributed by atoms with Crippen LogP contribution in [0.25, 0.3) is 0 Å². The Hall–Kier alpha value is -3.84. The highest BCUT2D eigenvalue weighted by Crippen LogP contribution is 2.60. The third-order valence-electron chi connectivity index (χ3n) is 11.9. The molecule has 21 heteroatoms. The Morgan fingerprint density at radius 3 is 1.81 bits per heavy atom. The van der Waals surface area contributed by atoms with Gasteiger partial charge in [0.15, 0.2) is 12.3 Å². The number of anilines is 1. The molecule has 2 rings (SSSR count). The van der Waals surface area contributed by atoms with Gasteiger partial charge in [0.1, 0.15) is 30.7 Å². The summed E-state index contributed by atoms with van der Waals surface area (Å²) in [6.45, 7) is 4.14. The SMILES string of the molecule is CC/C=C\C/C=C\C/C=C\C/C=C\C/C=C\C=C/C(O)CCC(=O)O[C@H](COC(=O)CCCCCCCCCCCCCCCCC(C)C)COP(=O)(O)OP(=O)(O)OC[C@H]1O[C@@H](n2ccc(N)nc2=O)[C@H](O)[C@@H]1O. The van der Waals surface area contributed by atoms with Gasteiger partial charge in [0.25, 0.3) is 0 Å². The van der Waals surface area contributed by atoms with Crippen LogP contribution in [0.1, 0.15) is 175 Å². The number of hydrogen-bond donors (Lipinski definition) is 6. The summed E-state index contributed by atoms with van der Waals surface area (Å²) in [7, 11) is -11.0. The number of carbonyl (C=O) groups excluding carboxylic acids is 2. The molecule has 19 nitrogen and oxygen atoms in total. The lowest BCUT2D eigenvalue weighted by Gasteiger charge is -2.21. The Bertz CT molecular complexity index is 2070.